The summed E-state index contributed by atoms with van der Waals surface area (Å²) in [5.41, 5.74) is 1.96. The molecule has 0 atom stereocenters. The molecule has 70 valence electrons. The van der Waals surface area contributed by atoms with E-state index >= 15 is 0 Å². The normalized spacial score (nSPS) is 11.2. The van der Waals surface area contributed by atoms with Gasteiger partial charge in [0.15, 0.2) is 5.78 Å². The fourth-order valence-electron chi connectivity index (χ4n) is 1.29. The van der Waals surface area contributed by atoms with Crippen LogP contribution in [0, 0.1) is 0 Å². The van der Waals surface area contributed by atoms with Crippen LogP contribution < -0.4 is 0 Å². The largest absolute Gasteiger partial charge is 0.295 e. The van der Waals surface area contributed by atoms with Crippen molar-refractivity contribution >= 4 is 17.4 Å². The first kappa shape index (κ1) is 8.69. The molecule has 2 aromatic rings. The van der Waals surface area contributed by atoms with E-state index in [0.29, 0.717) is 0 Å². The molecule has 14 heavy (non-hydrogen) atoms. The van der Waals surface area contributed by atoms with E-state index in [1.165, 1.54) is 6.92 Å². The number of carbonyl (C=O) groups is 1. The van der Waals surface area contributed by atoms with Crippen LogP contribution in [0.2, 0.25) is 0 Å². The molecule has 0 fully saturated rings. The van der Waals surface area contributed by atoms with Crippen LogP contribution in [-0.2, 0) is 4.79 Å². The van der Waals surface area contributed by atoms with Crippen LogP contribution in [0.5, 0.6) is 0 Å². The van der Waals surface area contributed by atoms with Gasteiger partial charge in [-0.1, -0.05) is 6.07 Å². The minimum atomic E-state index is 0.0419. The highest BCUT2D eigenvalue weighted by molar-refractivity contribution is 5.92. The average Bonchev–Trinajstić information content (AvgIpc) is 2.58. The maximum Gasteiger partial charge on any atom is 0.152 e. The lowest BCUT2D eigenvalue weighted by molar-refractivity contribution is -0.112. The van der Waals surface area contributed by atoms with Crippen molar-refractivity contribution in [2.24, 2.45) is 0 Å². The number of carbonyl (C=O) groups excluding carboxylic acids is 1. The van der Waals surface area contributed by atoms with Crippen molar-refractivity contribution in [1.82, 2.24) is 9.61 Å². The zero-order chi connectivity index (χ0) is 9.97. The third-order valence-electron chi connectivity index (χ3n) is 1.95. The van der Waals surface area contributed by atoms with E-state index in [4.69, 9.17) is 0 Å². The summed E-state index contributed by atoms with van der Waals surface area (Å²) in [4.78, 5) is 10.8. The number of pyridine rings is 1. The van der Waals surface area contributed by atoms with Gasteiger partial charge in [0.1, 0.15) is 0 Å². The average molecular weight is 186 g/mol. The molecule has 2 aromatic heterocycles. The number of rotatable bonds is 2. The number of ketones is 1. The third-order valence-corrected chi connectivity index (χ3v) is 1.95. The van der Waals surface area contributed by atoms with Crippen molar-refractivity contribution in [2.45, 2.75) is 6.92 Å². The van der Waals surface area contributed by atoms with Gasteiger partial charge in [0, 0.05) is 11.8 Å². The fourth-order valence-corrected chi connectivity index (χ4v) is 1.29. The summed E-state index contributed by atoms with van der Waals surface area (Å²) in [5.74, 6) is 0.0419. The number of fused-ring (bicyclic) bond motifs is 1. The molecule has 0 saturated heterocycles. The molecule has 0 aliphatic rings. The monoisotopic (exact) mass is 186 g/mol. The van der Waals surface area contributed by atoms with Crippen molar-refractivity contribution in [1.29, 1.82) is 0 Å². The molecule has 2 rings (SSSR count). The third kappa shape index (κ3) is 1.57. The predicted molar refractivity (Wildman–Crippen MR) is 54.9 cm³/mol. The first-order valence-corrected chi connectivity index (χ1v) is 4.38. The zero-order valence-electron chi connectivity index (χ0n) is 7.84. The molecule has 3 heteroatoms. The van der Waals surface area contributed by atoms with E-state index in [2.05, 4.69) is 5.10 Å². The standard InChI is InChI=1S/C11H10N2O/c1-9(14)5-6-10-8-12-13-7-3-2-4-11(10)13/h2-8H,1H3/b6-5+. The van der Waals surface area contributed by atoms with E-state index in [1.54, 1.807) is 22.9 Å². The lowest BCUT2D eigenvalue weighted by atomic mass is 10.2. The van der Waals surface area contributed by atoms with Crippen LogP contribution in [0.25, 0.3) is 11.6 Å². The van der Waals surface area contributed by atoms with Gasteiger partial charge in [-0.3, -0.25) is 4.79 Å². The van der Waals surface area contributed by atoms with Crippen LogP contribution >= 0.6 is 0 Å². The number of hydrogen-bond donors (Lipinski definition) is 0. The molecule has 0 spiro atoms. The van der Waals surface area contributed by atoms with E-state index in [9.17, 15) is 4.79 Å². The highest BCUT2D eigenvalue weighted by Crippen LogP contribution is 2.11. The minimum Gasteiger partial charge on any atom is -0.295 e. The first-order chi connectivity index (χ1) is 6.77. The summed E-state index contributed by atoms with van der Waals surface area (Å²) >= 11 is 0. The SMILES string of the molecule is CC(=O)/C=C/c1cnn2ccccc12. The Hall–Kier alpha value is -1.90. The number of allylic oxidation sites excluding steroid dienone is 1. The van der Waals surface area contributed by atoms with E-state index in [-0.39, 0.29) is 5.78 Å². The van der Waals surface area contributed by atoms with Crippen LogP contribution in [0.1, 0.15) is 12.5 Å². The molecule has 0 unspecified atom stereocenters. The molecule has 2 heterocycles. The summed E-state index contributed by atoms with van der Waals surface area (Å²) in [6.45, 7) is 1.53. The molecule has 0 aliphatic carbocycles. The van der Waals surface area contributed by atoms with Crippen LogP contribution in [0.4, 0.5) is 0 Å². The van der Waals surface area contributed by atoms with Gasteiger partial charge in [0.2, 0.25) is 0 Å². The summed E-state index contributed by atoms with van der Waals surface area (Å²) in [5, 5.41) is 4.15. The molecular formula is C11H10N2O. The molecule has 0 saturated carbocycles. The maximum absolute atomic E-state index is 10.8. The van der Waals surface area contributed by atoms with Gasteiger partial charge in [-0.2, -0.15) is 5.10 Å². The lowest BCUT2D eigenvalue weighted by Gasteiger charge is -1.91. The summed E-state index contributed by atoms with van der Waals surface area (Å²) in [7, 11) is 0. The molecule has 0 amide bonds. The Morgan fingerprint density at radius 3 is 3.14 bits per heavy atom. The Morgan fingerprint density at radius 1 is 1.50 bits per heavy atom. The smallest absolute Gasteiger partial charge is 0.152 e. The number of nitrogens with zero attached hydrogens (tertiary/aromatic N) is 2. The summed E-state index contributed by atoms with van der Waals surface area (Å²) in [6, 6.07) is 5.83. The van der Waals surface area contributed by atoms with Gasteiger partial charge in [0.05, 0.1) is 11.7 Å². The zero-order valence-corrected chi connectivity index (χ0v) is 7.84. The van der Waals surface area contributed by atoms with Crippen LogP contribution in [-0.4, -0.2) is 15.4 Å². The van der Waals surface area contributed by atoms with Gasteiger partial charge >= 0.3 is 0 Å². The summed E-state index contributed by atoms with van der Waals surface area (Å²) < 4.78 is 1.78. The highest BCUT2D eigenvalue weighted by atomic mass is 16.1. The van der Waals surface area contributed by atoms with E-state index in [0.717, 1.165) is 11.1 Å². The number of aromatic nitrogens is 2. The van der Waals surface area contributed by atoms with Crippen LogP contribution in [0.15, 0.2) is 36.7 Å². The van der Waals surface area contributed by atoms with Crippen molar-refractivity contribution < 1.29 is 4.79 Å². The fraction of sp³-hybridized carbons (Fsp3) is 0.0909. The summed E-state index contributed by atoms with van der Waals surface area (Å²) in [6.07, 6.45) is 6.95. The van der Waals surface area contributed by atoms with Crippen molar-refractivity contribution in [3.63, 3.8) is 0 Å². The molecule has 0 aliphatic heterocycles. The van der Waals surface area contributed by atoms with E-state index < -0.39 is 0 Å². The first-order valence-electron chi connectivity index (χ1n) is 4.38. The Labute approximate surface area is 81.7 Å². The van der Waals surface area contributed by atoms with Crippen molar-refractivity contribution in [3.05, 3.63) is 42.2 Å². The van der Waals surface area contributed by atoms with Gasteiger partial charge in [-0.05, 0) is 31.2 Å². The van der Waals surface area contributed by atoms with Crippen LogP contribution in [0.3, 0.4) is 0 Å². The highest BCUT2D eigenvalue weighted by Gasteiger charge is 1.98. The molecule has 0 aromatic carbocycles. The maximum atomic E-state index is 10.8. The van der Waals surface area contributed by atoms with Crippen molar-refractivity contribution in [2.75, 3.05) is 0 Å². The van der Waals surface area contributed by atoms with Gasteiger partial charge in [-0.15, -0.1) is 0 Å². The van der Waals surface area contributed by atoms with Gasteiger partial charge in [0.25, 0.3) is 0 Å². The molecule has 3 nitrogen and oxygen atoms in total. The van der Waals surface area contributed by atoms with Gasteiger partial charge < -0.3 is 0 Å². The molecule has 0 bridgehead atoms. The molecular weight excluding hydrogens is 176 g/mol. The second kappa shape index (κ2) is 3.46. The Kier molecular flexibility index (Phi) is 2.14. The molecule has 0 radical (unpaired) electrons. The Morgan fingerprint density at radius 2 is 2.36 bits per heavy atom. The van der Waals surface area contributed by atoms with Gasteiger partial charge in [-0.25, -0.2) is 4.52 Å². The minimum absolute atomic E-state index is 0.0419. The number of hydrogen-bond acceptors (Lipinski definition) is 2. The Balaban J connectivity index is 2.48. The second-order valence-electron chi connectivity index (χ2n) is 3.07. The predicted octanol–water partition coefficient (Wildman–Crippen LogP) is 1.94. The molecule has 0 N–H and O–H groups in total. The Bertz CT molecular complexity index is 497. The quantitative estimate of drug-likeness (QED) is 0.672. The van der Waals surface area contributed by atoms with E-state index in [1.807, 2.05) is 24.4 Å². The second-order valence-corrected chi connectivity index (χ2v) is 3.07. The topological polar surface area (TPSA) is 34.4 Å². The van der Waals surface area contributed by atoms with Crippen molar-refractivity contribution in [3.8, 4) is 0 Å². The lowest BCUT2D eigenvalue weighted by Crippen LogP contribution is -1.83.